The molecule has 0 nitrogen and oxygen atoms in total. The van der Waals surface area contributed by atoms with Crippen molar-refractivity contribution in [1.82, 2.24) is 0 Å². The monoisotopic (exact) mass is 212 g/mol. The molecular weight excluding hydrogens is 196 g/mol. The van der Waals surface area contributed by atoms with Gasteiger partial charge in [-0.15, -0.1) is 23.7 Å². The van der Waals surface area contributed by atoms with Crippen LogP contribution in [0, 0.1) is 23.7 Å². The fraction of sp³-hybridized carbons (Fsp3) is 0.286. The lowest BCUT2D eigenvalue weighted by molar-refractivity contribution is 1.60. The van der Waals surface area contributed by atoms with Crippen molar-refractivity contribution >= 4 is 14.0 Å². The molecular formula is C14H16Si. The summed E-state index contributed by atoms with van der Waals surface area (Å²) in [6.45, 7) is 3.81. The molecule has 0 bridgehead atoms. The smallest absolute Gasteiger partial charge is 0.0952 e. The third-order valence-electron chi connectivity index (χ3n) is 2.32. The standard InChI is InChI=1S/C14H16Si/c1-3-5-12-15(13-6-4-2)14-10-8-7-9-11-14/h7-11,15H,12-13H2,1-2H3. The average Bonchev–Trinajstić information content (AvgIpc) is 2.30. The van der Waals surface area contributed by atoms with Gasteiger partial charge in [0, 0.05) is 12.1 Å². The van der Waals surface area contributed by atoms with Gasteiger partial charge in [-0.1, -0.05) is 35.5 Å². The van der Waals surface area contributed by atoms with Crippen LogP contribution in [-0.4, -0.2) is 8.80 Å². The van der Waals surface area contributed by atoms with Gasteiger partial charge in [-0.3, -0.25) is 0 Å². The van der Waals surface area contributed by atoms with Crippen LogP contribution in [0.4, 0.5) is 0 Å². The van der Waals surface area contributed by atoms with E-state index < -0.39 is 8.80 Å². The van der Waals surface area contributed by atoms with Crippen LogP contribution in [0.3, 0.4) is 0 Å². The molecule has 0 radical (unpaired) electrons. The molecule has 0 saturated heterocycles. The first kappa shape index (κ1) is 11.6. The number of hydrogen-bond donors (Lipinski definition) is 0. The highest BCUT2D eigenvalue weighted by Gasteiger charge is 2.09. The summed E-state index contributed by atoms with van der Waals surface area (Å²) in [5, 5.41) is 1.48. The Morgan fingerprint density at radius 3 is 1.93 bits per heavy atom. The Labute approximate surface area is 94.3 Å². The first-order valence-electron chi connectivity index (χ1n) is 5.22. The zero-order chi connectivity index (χ0) is 10.9. The predicted octanol–water partition coefficient (Wildman–Crippen LogP) is 2.17. The van der Waals surface area contributed by atoms with Crippen molar-refractivity contribution < 1.29 is 0 Å². The van der Waals surface area contributed by atoms with Gasteiger partial charge in [-0.2, -0.15) is 0 Å². The molecule has 1 heteroatoms. The first-order valence-corrected chi connectivity index (χ1v) is 7.43. The quantitative estimate of drug-likeness (QED) is 0.532. The average molecular weight is 212 g/mol. The van der Waals surface area contributed by atoms with Crippen LogP contribution in [-0.2, 0) is 0 Å². The summed E-state index contributed by atoms with van der Waals surface area (Å²) in [4.78, 5) is 0. The van der Waals surface area contributed by atoms with Crippen molar-refractivity contribution in [3.63, 3.8) is 0 Å². The van der Waals surface area contributed by atoms with E-state index in [1.54, 1.807) is 0 Å². The van der Waals surface area contributed by atoms with Crippen molar-refractivity contribution in [2.45, 2.75) is 25.9 Å². The molecule has 0 fully saturated rings. The minimum absolute atomic E-state index is 0.975. The van der Waals surface area contributed by atoms with E-state index in [-0.39, 0.29) is 0 Å². The maximum atomic E-state index is 3.20. The molecule has 0 amide bonds. The second-order valence-electron chi connectivity index (χ2n) is 3.37. The Morgan fingerprint density at radius 1 is 0.933 bits per heavy atom. The second-order valence-corrected chi connectivity index (χ2v) is 6.25. The molecule has 0 atom stereocenters. The topological polar surface area (TPSA) is 0 Å². The van der Waals surface area contributed by atoms with Crippen LogP contribution >= 0.6 is 0 Å². The van der Waals surface area contributed by atoms with E-state index in [4.69, 9.17) is 0 Å². The summed E-state index contributed by atoms with van der Waals surface area (Å²) in [7, 11) is -0.975. The molecule has 0 spiro atoms. The van der Waals surface area contributed by atoms with Crippen LogP contribution < -0.4 is 5.19 Å². The largest absolute Gasteiger partial charge is 0.107 e. The molecule has 15 heavy (non-hydrogen) atoms. The van der Waals surface area contributed by atoms with E-state index in [1.165, 1.54) is 5.19 Å². The van der Waals surface area contributed by atoms with Crippen LogP contribution in [0.5, 0.6) is 0 Å². The van der Waals surface area contributed by atoms with Gasteiger partial charge in [0.15, 0.2) is 0 Å². The van der Waals surface area contributed by atoms with Gasteiger partial charge in [0.25, 0.3) is 0 Å². The molecule has 0 aliphatic rings. The Hall–Kier alpha value is -1.44. The summed E-state index contributed by atoms with van der Waals surface area (Å²) in [5.41, 5.74) is 0. The fourth-order valence-corrected chi connectivity index (χ4v) is 3.77. The van der Waals surface area contributed by atoms with E-state index in [0.717, 1.165) is 12.1 Å². The summed E-state index contributed by atoms with van der Waals surface area (Å²) >= 11 is 0. The Balaban J connectivity index is 2.77. The molecule has 0 aromatic heterocycles. The molecule has 1 rings (SSSR count). The zero-order valence-electron chi connectivity index (χ0n) is 9.38. The van der Waals surface area contributed by atoms with E-state index in [1.807, 2.05) is 13.8 Å². The zero-order valence-corrected chi connectivity index (χ0v) is 10.5. The highest BCUT2D eigenvalue weighted by atomic mass is 28.3. The molecule has 0 unspecified atom stereocenters. The highest BCUT2D eigenvalue weighted by molar-refractivity contribution is 6.74. The lowest BCUT2D eigenvalue weighted by Gasteiger charge is -2.08. The van der Waals surface area contributed by atoms with Crippen molar-refractivity contribution in [2.24, 2.45) is 0 Å². The number of benzene rings is 1. The van der Waals surface area contributed by atoms with Gasteiger partial charge in [-0.25, -0.2) is 0 Å². The maximum absolute atomic E-state index is 3.20. The summed E-state index contributed by atoms with van der Waals surface area (Å²) in [5.74, 6) is 12.4. The van der Waals surface area contributed by atoms with Gasteiger partial charge in [0.2, 0.25) is 0 Å². The van der Waals surface area contributed by atoms with Crippen molar-refractivity contribution in [3.05, 3.63) is 30.3 Å². The number of rotatable bonds is 3. The molecule has 76 valence electrons. The number of hydrogen-bond acceptors (Lipinski definition) is 0. The van der Waals surface area contributed by atoms with E-state index in [9.17, 15) is 0 Å². The van der Waals surface area contributed by atoms with E-state index >= 15 is 0 Å². The highest BCUT2D eigenvalue weighted by Crippen LogP contribution is 1.99. The van der Waals surface area contributed by atoms with Gasteiger partial charge in [0.05, 0.1) is 8.80 Å². The predicted molar refractivity (Wildman–Crippen MR) is 69.7 cm³/mol. The summed E-state index contributed by atoms with van der Waals surface area (Å²) in [6.07, 6.45) is 0. The first-order chi connectivity index (χ1) is 7.38. The normalized spacial score (nSPS) is 8.73. The fourth-order valence-electron chi connectivity index (χ4n) is 1.48. The molecule has 0 aliphatic heterocycles. The van der Waals surface area contributed by atoms with Crippen molar-refractivity contribution in [1.29, 1.82) is 0 Å². The van der Waals surface area contributed by atoms with Gasteiger partial charge < -0.3 is 0 Å². The van der Waals surface area contributed by atoms with Crippen LogP contribution in [0.25, 0.3) is 0 Å². The van der Waals surface area contributed by atoms with Gasteiger partial charge >= 0.3 is 0 Å². The minimum Gasteiger partial charge on any atom is -0.107 e. The molecule has 0 N–H and O–H groups in total. The minimum atomic E-state index is -0.975. The van der Waals surface area contributed by atoms with Crippen molar-refractivity contribution in [2.75, 3.05) is 0 Å². The third kappa shape index (κ3) is 4.06. The summed E-state index contributed by atoms with van der Waals surface area (Å²) in [6, 6.07) is 12.8. The molecule has 0 heterocycles. The lowest BCUT2D eigenvalue weighted by Crippen LogP contribution is -2.28. The molecule has 1 aromatic carbocycles. The molecule has 0 aliphatic carbocycles. The maximum Gasteiger partial charge on any atom is 0.0952 e. The van der Waals surface area contributed by atoms with Crippen LogP contribution in [0.15, 0.2) is 30.3 Å². The van der Waals surface area contributed by atoms with Gasteiger partial charge in [0.1, 0.15) is 0 Å². The van der Waals surface area contributed by atoms with Crippen LogP contribution in [0.2, 0.25) is 12.1 Å². The van der Waals surface area contributed by atoms with Crippen molar-refractivity contribution in [3.8, 4) is 23.7 Å². The third-order valence-corrected chi connectivity index (χ3v) is 5.04. The summed E-state index contributed by atoms with van der Waals surface area (Å²) < 4.78 is 0. The lowest BCUT2D eigenvalue weighted by atomic mass is 10.4. The second kappa shape index (κ2) is 6.93. The van der Waals surface area contributed by atoms with Crippen LogP contribution in [0.1, 0.15) is 13.8 Å². The van der Waals surface area contributed by atoms with E-state index in [0.29, 0.717) is 0 Å². The molecule has 1 aromatic rings. The Bertz CT molecular complexity index is 376. The SMILES string of the molecule is CC#CC[SiH](CC#CC)c1ccccc1. The Kier molecular flexibility index (Phi) is 5.37. The van der Waals surface area contributed by atoms with E-state index in [2.05, 4.69) is 54.0 Å². The van der Waals surface area contributed by atoms with Gasteiger partial charge in [-0.05, 0) is 13.8 Å². The Morgan fingerprint density at radius 2 is 1.47 bits per heavy atom. The molecule has 0 saturated carbocycles.